The highest BCUT2D eigenvalue weighted by atomic mass is 19.1. The van der Waals surface area contributed by atoms with E-state index in [1.807, 2.05) is 18.3 Å². The third-order valence-electron chi connectivity index (χ3n) is 5.46. The quantitative estimate of drug-likeness (QED) is 0.581. The Kier molecular flexibility index (Phi) is 5.99. The highest BCUT2D eigenvalue weighted by molar-refractivity contribution is 5.91. The molecule has 4 rings (SSSR count). The summed E-state index contributed by atoms with van der Waals surface area (Å²) < 4.78 is 36.0. The van der Waals surface area contributed by atoms with Gasteiger partial charge in [-0.15, -0.1) is 0 Å². The van der Waals surface area contributed by atoms with Gasteiger partial charge in [-0.05, 0) is 36.8 Å². The fraction of sp³-hybridized carbons (Fsp3) is 0.348. The van der Waals surface area contributed by atoms with Gasteiger partial charge in [0, 0.05) is 43.2 Å². The second-order valence-electron chi connectivity index (χ2n) is 7.54. The summed E-state index contributed by atoms with van der Waals surface area (Å²) in [7, 11) is 0. The first-order chi connectivity index (χ1) is 14.6. The van der Waals surface area contributed by atoms with Crippen LogP contribution in [0.5, 0.6) is 0 Å². The predicted molar refractivity (Wildman–Crippen MR) is 109 cm³/mol. The zero-order valence-electron chi connectivity index (χ0n) is 16.9. The first-order valence-electron chi connectivity index (χ1n) is 10.3. The van der Waals surface area contributed by atoms with E-state index in [9.17, 15) is 13.6 Å². The molecule has 1 aromatic carbocycles. The molecule has 1 atom stereocenters. The number of hydrogen-bond acceptors (Lipinski definition) is 3. The van der Waals surface area contributed by atoms with Gasteiger partial charge >= 0.3 is 0 Å². The summed E-state index contributed by atoms with van der Waals surface area (Å²) in [5.41, 5.74) is 1.36. The molecule has 1 N–H and O–H groups in total. The van der Waals surface area contributed by atoms with Crippen LogP contribution in [-0.4, -0.2) is 28.5 Å². The molecule has 30 heavy (non-hydrogen) atoms. The van der Waals surface area contributed by atoms with Crippen LogP contribution in [0, 0.1) is 11.6 Å². The van der Waals surface area contributed by atoms with E-state index in [1.165, 1.54) is 12.1 Å². The third-order valence-corrected chi connectivity index (χ3v) is 5.46. The Hall–Kier alpha value is -2.93. The number of rotatable bonds is 7. The van der Waals surface area contributed by atoms with E-state index in [2.05, 4.69) is 21.7 Å². The molecule has 158 valence electrons. The van der Waals surface area contributed by atoms with Crippen molar-refractivity contribution in [3.63, 3.8) is 0 Å². The minimum atomic E-state index is -0.598. The Balaban J connectivity index is 1.57. The van der Waals surface area contributed by atoms with Crippen molar-refractivity contribution in [2.24, 2.45) is 0 Å². The molecule has 0 bridgehead atoms. The van der Waals surface area contributed by atoms with Crippen LogP contribution in [0.1, 0.15) is 53.4 Å². The van der Waals surface area contributed by atoms with Gasteiger partial charge < -0.3 is 14.3 Å². The van der Waals surface area contributed by atoms with Crippen LogP contribution < -0.4 is 5.32 Å². The smallest absolute Gasteiger partial charge is 0.286 e. The molecule has 5 nitrogen and oxygen atoms in total. The molecule has 1 amide bonds. The molecule has 3 aromatic rings. The van der Waals surface area contributed by atoms with Crippen molar-refractivity contribution in [1.82, 2.24) is 14.8 Å². The molecule has 0 spiro atoms. The molecule has 3 heterocycles. The van der Waals surface area contributed by atoms with Crippen molar-refractivity contribution in [2.45, 2.75) is 38.9 Å². The van der Waals surface area contributed by atoms with Crippen molar-refractivity contribution in [3.05, 3.63) is 83.1 Å². The summed E-state index contributed by atoms with van der Waals surface area (Å²) in [4.78, 5) is 14.3. The summed E-state index contributed by atoms with van der Waals surface area (Å²) in [6, 6.07) is 10.6. The fourth-order valence-corrected chi connectivity index (χ4v) is 3.93. The van der Waals surface area contributed by atoms with Gasteiger partial charge in [-0.3, -0.25) is 9.69 Å². The van der Waals surface area contributed by atoms with E-state index < -0.39 is 11.6 Å². The summed E-state index contributed by atoms with van der Waals surface area (Å²) >= 11 is 0. The molecular weight excluding hydrogens is 388 g/mol. The minimum absolute atomic E-state index is 0.233. The minimum Gasteiger partial charge on any atom is -0.455 e. The summed E-state index contributed by atoms with van der Waals surface area (Å²) in [5.74, 6) is -0.508. The van der Waals surface area contributed by atoms with Gasteiger partial charge in [0.1, 0.15) is 17.4 Å². The molecule has 0 aliphatic carbocycles. The van der Waals surface area contributed by atoms with Gasteiger partial charge in [0.2, 0.25) is 0 Å². The Bertz CT molecular complexity index is 1030. The van der Waals surface area contributed by atoms with Gasteiger partial charge in [-0.2, -0.15) is 0 Å². The number of halogens is 2. The number of nitrogens with zero attached hydrogens (tertiary/aromatic N) is 2. The van der Waals surface area contributed by atoms with Crippen LogP contribution >= 0.6 is 0 Å². The maximum absolute atomic E-state index is 14.7. The number of aromatic nitrogens is 1. The number of nitrogens with one attached hydrogen (secondary N) is 1. The number of carbonyl (C=O) groups excluding carboxylic acids is 1. The van der Waals surface area contributed by atoms with E-state index >= 15 is 0 Å². The lowest BCUT2D eigenvalue weighted by Crippen LogP contribution is -2.38. The van der Waals surface area contributed by atoms with Crippen LogP contribution in [0.15, 0.2) is 53.1 Å². The Morgan fingerprint density at radius 3 is 2.87 bits per heavy atom. The maximum Gasteiger partial charge on any atom is 0.286 e. The fourth-order valence-electron chi connectivity index (χ4n) is 3.93. The second kappa shape index (κ2) is 8.83. The zero-order valence-corrected chi connectivity index (χ0v) is 16.9. The molecule has 1 unspecified atom stereocenters. The van der Waals surface area contributed by atoms with E-state index in [-0.39, 0.29) is 17.7 Å². The first-order valence-corrected chi connectivity index (χ1v) is 10.3. The molecule has 0 radical (unpaired) electrons. The summed E-state index contributed by atoms with van der Waals surface area (Å²) in [6.07, 6.45) is 3.88. The number of unbranched alkanes of at least 4 members (excludes halogenated alkanes) is 1. The molecule has 1 aliphatic heterocycles. The van der Waals surface area contributed by atoms with Gasteiger partial charge in [0.15, 0.2) is 5.76 Å². The van der Waals surface area contributed by atoms with Crippen molar-refractivity contribution >= 4 is 5.91 Å². The zero-order chi connectivity index (χ0) is 21.1. The topological polar surface area (TPSA) is 50.4 Å². The molecule has 2 aromatic heterocycles. The Morgan fingerprint density at radius 2 is 2.07 bits per heavy atom. The monoisotopic (exact) mass is 413 g/mol. The van der Waals surface area contributed by atoms with Crippen molar-refractivity contribution in [3.8, 4) is 0 Å². The van der Waals surface area contributed by atoms with Crippen molar-refractivity contribution in [2.75, 3.05) is 13.1 Å². The lowest BCUT2D eigenvalue weighted by Gasteiger charge is -2.37. The SMILES string of the molecule is CCCCNC(=O)c1ccc(CN2CCn3cccc3C2c2ccc(F)cc2F)o1. The number of amides is 1. The van der Waals surface area contributed by atoms with Crippen LogP contribution in [0.2, 0.25) is 0 Å². The normalized spacial score (nSPS) is 16.4. The Labute approximate surface area is 174 Å². The molecule has 1 aliphatic rings. The van der Waals surface area contributed by atoms with Crippen molar-refractivity contribution < 1.29 is 18.0 Å². The van der Waals surface area contributed by atoms with Crippen LogP contribution in [0.3, 0.4) is 0 Å². The van der Waals surface area contributed by atoms with E-state index in [0.29, 0.717) is 31.0 Å². The van der Waals surface area contributed by atoms with E-state index in [4.69, 9.17) is 4.42 Å². The largest absolute Gasteiger partial charge is 0.455 e. The molecule has 7 heteroatoms. The lowest BCUT2D eigenvalue weighted by molar-refractivity contribution is 0.0918. The predicted octanol–water partition coefficient (Wildman–Crippen LogP) is 4.49. The van der Waals surface area contributed by atoms with E-state index in [1.54, 1.807) is 12.1 Å². The average molecular weight is 413 g/mol. The molecule has 0 fully saturated rings. The standard InChI is InChI=1S/C23H25F2N3O2/c1-2-3-10-26-23(29)21-9-7-17(30-21)15-28-13-12-27-11-4-5-20(27)22(28)18-8-6-16(24)14-19(18)25/h4-9,11,14,22H,2-3,10,12-13,15H2,1H3,(H,26,29). The summed E-state index contributed by atoms with van der Waals surface area (Å²) in [6.45, 7) is 4.51. The molecule has 0 saturated heterocycles. The lowest BCUT2D eigenvalue weighted by atomic mass is 9.99. The van der Waals surface area contributed by atoms with Gasteiger partial charge in [0.05, 0.1) is 12.6 Å². The van der Waals surface area contributed by atoms with Gasteiger partial charge in [-0.25, -0.2) is 8.78 Å². The molecular formula is C23H25F2N3O2. The number of hydrogen-bond donors (Lipinski definition) is 1. The number of fused-ring (bicyclic) bond motifs is 1. The van der Waals surface area contributed by atoms with Gasteiger partial charge in [0.25, 0.3) is 5.91 Å². The number of carbonyl (C=O) groups is 1. The van der Waals surface area contributed by atoms with Crippen LogP contribution in [0.4, 0.5) is 8.78 Å². The summed E-state index contributed by atoms with van der Waals surface area (Å²) in [5, 5.41) is 2.84. The number of benzene rings is 1. The van der Waals surface area contributed by atoms with Gasteiger partial charge in [-0.1, -0.05) is 19.4 Å². The maximum atomic E-state index is 14.7. The van der Waals surface area contributed by atoms with Crippen LogP contribution in [-0.2, 0) is 13.1 Å². The highest BCUT2D eigenvalue weighted by Gasteiger charge is 2.31. The van der Waals surface area contributed by atoms with E-state index in [0.717, 1.165) is 31.1 Å². The van der Waals surface area contributed by atoms with Crippen LogP contribution in [0.25, 0.3) is 0 Å². The average Bonchev–Trinajstić information content (AvgIpc) is 3.38. The second-order valence-corrected chi connectivity index (χ2v) is 7.54. The molecule has 0 saturated carbocycles. The highest BCUT2D eigenvalue weighted by Crippen LogP contribution is 2.35. The Morgan fingerprint density at radius 1 is 1.20 bits per heavy atom. The third kappa shape index (κ3) is 4.16. The van der Waals surface area contributed by atoms with Crippen molar-refractivity contribution in [1.29, 1.82) is 0 Å². The number of furan rings is 1. The first kappa shape index (κ1) is 20.3.